The summed E-state index contributed by atoms with van der Waals surface area (Å²) in [6.45, 7) is 6.31. The molecule has 0 aliphatic heterocycles. The first kappa shape index (κ1) is 18.0. The third kappa shape index (κ3) is 2.56. The van der Waals surface area contributed by atoms with Crippen LogP contribution in [-0.4, -0.2) is 22.7 Å². The van der Waals surface area contributed by atoms with E-state index in [1.54, 1.807) is 6.92 Å². The molecule has 4 aliphatic carbocycles. The van der Waals surface area contributed by atoms with E-state index < -0.39 is 0 Å². The van der Waals surface area contributed by atoms with Gasteiger partial charge in [-0.05, 0) is 74.5 Å². The van der Waals surface area contributed by atoms with E-state index in [0.717, 1.165) is 25.7 Å². The Morgan fingerprint density at radius 3 is 2.40 bits per heavy atom. The zero-order valence-electron chi connectivity index (χ0n) is 15.7. The maximum Gasteiger partial charge on any atom is 0.302 e. The first-order chi connectivity index (χ1) is 11.8. The summed E-state index contributed by atoms with van der Waals surface area (Å²) in [6, 6.07) is 0. The lowest BCUT2D eigenvalue weighted by molar-refractivity contribution is -0.164. The number of halogens is 1. The van der Waals surface area contributed by atoms with Gasteiger partial charge in [-0.1, -0.05) is 29.8 Å². The van der Waals surface area contributed by atoms with Crippen LogP contribution in [0, 0.1) is 34.5 Å². The van der Waals surface area contributed by atoms with Gasteiger partial charge in [-0.3, -0.25) is 9.59 Å². The normalized spacial score (nSPS) is 52.1. The van der Waals surface area contributed by atoms with Crippen LogP contribution in [0.5, 0.6) is 0 Å². The quantitative estimate of drug-likeness (QED) is 0.455. The molecule has 0 spiro atoms. The second-order valence-corrected chi connectivity index (χ2v) is 10.7. The fourth-order valence-electron chi connectivity index (χ4n) is 7.43. The van der Waals surface area contributed by atoms with Crippen molar-refractivity contribution in [2.75, 3.05) is 0 Å². The number of fused-ring (bicyclic) bond motifs is 5. The fourth-order valence-corrected chi connectivity index (χ4v) is 7.98. The van der Waals surface area contributed by atoms with Crippen LogP contribution < -0.4 is 0 Å². The molecule has 25 heavy (non-hydrogen) atoms. The summed E-state index contributed by atoms with van der Waals surface area (Å²) in [6.07, 6.45) is 9.06. The molecule has 0 N–H and O–H groups in total. The number of carbonyl (C=O) groups is 2. The highest BCUT2D eigenvalue weighted by atomic mass is 79.9. The highest BCUT2D eigenvalue weighted by molar-refractivity contribution is 9.10. The lowest BCUT2D eigenvalue weighted by atomic mass is 9.45. The molecule has 8 atom stereocenters. The van der Waals surface area contributed by atoms with Crippen molar-refractivity contribution in [1.82, 2.24) is 0 Å². The van der Waals surface area contributed by atoms with E-state index in [-0.39, 0.29) is 33.6 Å². The van der Waals surface area contributed by atoms with E-state index in [0.29, 0.717) is 23.5 Å². The molecular weight excluding hydrogens is 380 g/mol. The Hall–Kier alpha value is -0.380. The maximum atomic E-state index is 12.8. The van der Waals surface area contributed by atoms with Crippen LogP contribution in [0.1, 0.15) is 72.1 Å². The summed E-state index contributed by atoms with van der Waals surface area (Å²) in [7, 11) is 0. The molecule has 0 unspecified atom stereocenters. The summed E-state index contributed by atoms with van der Waals surface area (Å²) in [4.78, 5) is 24.4. The molecule has 0 aromatic rings. The first-order valence-electron chi connectivity index (χ1n) is 10.1. The molecular formula is C21H31BrO3. The average molecular weight is 411 g/mol. The van der Waals surface area contributed by atoms with Crippen molar-refractivity contribution in [3.63, 3.8) is 0 Å². The Labute approximate surface area is 159 Å². The van der Waals surface area contributed by atoms with Crippen molar-refractivity contribution in [3.8, 4) is 0 Å². The van der Waals surface area contributed by atoms with Gasteiger partial charge in [0.1, 0.15) is 11.9 Å². The number of carbonyl (C=O) groups excluding carboxylic acids is 2. The predicted molar refractivity (Wildman–Crippen MR) is 100 cm³/mol. The highest BCUT2D eigenvalue weighted by Gasteiger charge is 2.62. The molecule has 0 radical (unpaired) electrons. The third-order valence-electron chi connectivity index (χ3n) is 8.68. The molecule has 0 heterocycles. The van der Waals surface area contributed by atoms with E-state index in [2.05, 4.69) is 29.8 Å². The average Bonchev–Trinajstić information content (AvgIpc) is 2.88. The van der Waals surface area contributed by atoms with Crippen molar-refractivity contribution in [2.45, 2.75) is 83.1 Å². The summed E-state index contributed by atoms with van der Waals surface area (Å²) >= 11 is 3.61. The molecule has 4 saturated carbocycles. The van der Waals surface area contributed by atoms with Crippen molar-refractivity contribution >= 4 is 27.7 Å². The zero-order valence-corrected chi connectivity index (χ0v) is 17.3. The predicted octanol–water partition coefficient (Wildman–Crippen LogP) is 4.90. The molecule has 140 valence electrons. The number of Topliss-reactive ketones (excluding diaryl/α,β-unsaturated/α-hetero) is 1. The molecule has 0 bridgehead atoms. The molecule has 0 aromatic carbocycles. The summed E-state index contributed by atoms with van der Waals surface area (Å²) < 4.78 is 5.73. The molecule has 4 fully saturated rings. The minimum atomic E-state index is -0.133. The highest BCUT2D eigenvalue weighted by Crippen LogP contribution is 2.66. The van der Waals surface area contributed by atoms with Gasteiger partial charge in [-0.2, -0.15) is 0 Å². The van der Waals surface area contributed by atoms with Crippen LogP contribution in [-0.2, 0) is 14.3 Å². The number of alkyl halides is 1. The zero-order chi connectivity index (χ0) is 18.0. The number of ether oxygens (including phenoxy) is 1. The minimum Gasteiger partial charge on any atom is -0.462 e. The second-order valence-electron chi connectivity index (χ2n) is 9.64. The van der Waals surface area contributed by atoms with Gasteiger partial charge in [0.2, 0.25) is 0 Å². The Bertz CT molecular complexity index is 590. The number of esters is 1. The van der Waals surface area contributed by atoms with Crippen LogP contribution in [0.3, 0.4) is 0 Å². The van der Waals surface area contributed by atoms with Crippen LogP contribution in [0.4, 0.5) is 0 Å². The van der Waals surface area contributed by atoms with Gasteiger partial charge < -0.3 is 4.74 Å². The number of rotatable bonds is 1. The molecule has 4 aliphatic rings. The van der Waals surface area contributed by atoms with Crippen LogP contribution in [0.15, 0.2) is 0 Å². The smallest absolute Gasteiger partial charge is 0.302 e. The van der Waals surface area contributed by atoms with E-state index >= 15 is 0 Å². The van der Waals surface area contributed by atoms with Crippen LogP contribution >= 0.6 is 15.9 Å². The second kappa shape index (κ2) is 6.07. The summed E-state index contributed by atoms with van der Waals surface area (Å²) in [5.41, 5.74) is 0.331. The van der Waals surface area contributed by atoms with Crippen molar-refractivity contribution in [3.05, 3.63) is 0 Å². The Kier molecular flexibility index (Phi) is 4.37. The van der Waals surface area contributed by atoms with Gasteiger partial charge in [0.25, 0.3) is 0 Å². The van der Waals surface area contributed by atoms with Gasteiger partial charge >= 0.3 is 5.97 Å². The molecule has 0 amide bonds. The SMILES string of the molecule is CC(=O)O[C@H]1CC[C@H]2[C@@H]3CC[C@H]4C(=O)[C@@H](Br)CC[C@]4(C)[C@H]3CC[C@]12C. The molecule has 4 rings (SSSR count). The Morgan fingerprint density at radius 2 is 1.68 bits per heavy atom. The number of hydrogen-bond acceptors (Lipinski definition) is 3. The van der Waals surface area contributed by atoms with E-state index in [1.165, 1.54) is 25.7 Å². The maximum absolute atomic E-state index is 12.8. The Morgan fingerprint density at radius 1 is 1.00 bits per heavy atom. The fraction of sp³-hybridized carbons (Fsp3) is 0.905. The molecule has 0 aromatic heterocycles. The standard InChI is InChI=1S/C21H31BrO3/c1-12(23)25-18-7-6-14-13-4-5-16-19(24)17(22)9-11-20(16,2)15(13)8-10-21(14,18)3/h13-18H,4-11H2,1-3H3/t13-,14-,15-,16-,17-,18-,20+,21-/m0/s1. The monoisotopic (exact) mass is 410 g/mol. The Balaban J connectivity index is 1.60. The largest absolute Gasteiger partial charge is 0.462 e. The number of hydrogen-bond donors (Lipinski definition) is 0. The molecule has 3 nitrogen and oxygen atoms in total. The van der Waals surface area contributed by atoms with Gasteiger partial charge in [0.05, 0.1) is 4.83 Å². The van der Waals surface area contributed by atoms with Crippen molar-refractivity contribution < 1.29 is 14.3 Å². The lowest BCUT2D eigenvalue weighted by Crippen LogP contribution is -2.56. The topological polar surface area (TPSA) is 43.4 Å². The van der Waals surface area contributed by atoms with Gasteiger partial charge in [-0.15, -0.1) is 0 Å². The van der Waals surface area contributed by atoms with Crippen molar-refractivity contribution in [2.24, 2.45) is 34.5 Å². The van der Waals surface area contributed by atoms with Crippen LogP contribution in [0.2, 0.25) is 0 Å². The van der Waals surface area contributed by atoms with E-state index in [1.807, 2.05) is 0 Å². The molecule has 0 saturated heterocycles. The first-order valence-corrected chi connectivity index (χ1v) is 11.0. The van der Waals surface area contributed by atoms with E-state index in [9.17, 15) is 9.59 Å². The van der Waals surface area contributed by atoms with Crippen LogP contribution in [0.25, 0.3) is 0 Å². The third-order valence-corrected chi connectivity index (χ3v) is 9.59. The van der Waals surface area contributed by atoms with E-state index in [4.69, 9.17) is 4.74 Å². The van der Waals surface area contributed by atoms with Gasteiger partial charge in [0.15, 0.2) is 0 Å². The minimum absolute atomic E-state index is 0.0795. The van der Waals surface area contributed by atoms with Gasteiger partial charge in [0, 0.05) is 18.3 Å². The van der Waals surface area contributed by atoms with Crippen molar-refractivity contribution in [1.29, 1.82) is 0 Å². The summed E-state index contributed by atoms with van der Waals surface area (Å²) in [5.74, 6) is 2.62. The summed E-state index contributed by atoms with van der Waals surface area (Å²) in [5, 5.41) is 0. The lowest BCUT2D eigenvalue weighted by Gasteiger charge is -2.60. The number of ketones is 1. The molecule has 4 heteroatoms. The van der Waals surface area contributed by atoms with Gasteiger partial charge in [-0.25, -0.2) is 0 Å².